The molecule has 2 bridgehead atoms. The molecule has 2 fully saturated rings. The summed E-state index contributed by atoms with van der Waals surface area (Å²) in [7, 11) is 2.26. The first-order valence-corrected chi connectivity index (χ1v) is 6.99. The molecule has 0 spiro atoms. The molecule has 0 radical (unpaired) electrons. The molecular formula is C13H27N3O. The number of piperidine rings is 1. The Bertz CT molecular complexity index is 233. The predicted molar refractivity (Wildman–Crippen MR) is 69.9 cm³/mol. The summed E-state index contributed by atoms with van der Waals surface area (Å²) in [5.41, 5.74) is 6.18. The average Bonchev–Trinajstić information content (AvgIpc) is 2.58. The van der Waals surface area contributed by atoms with Crippen molar-refractivity contribution in [2.45, 2.75) is 56.1 Å². The van der Waals surface area contributed by atoms with Crippen molar-refractivity contribution in [3.8, 4) is 0 Å². The van der Waals surface area contributed by atoms with Gasteiger partial charge in [-0.15, -0.1) is 0 Å². The Morgan fingerprint density at radius 2 is 1.94 bits per heavy atom. The van der Waals surface area contributed by atoms with Gasteiger partial charge in [-0.1, -0.05) is 0 Å². The zero-order valence-corrected chi connectivity index (χ0v) is 11.0. The summed E-state index contributed by atoms with van der Waals surface area (Å²) in [5.74, 6) is 0. The van der Waals surface area contributed by atoms with Gasteiger partial charge in [0.1, 0.15) is 0 Å². The highest BCUT2D eigenvalue weighted by atomic mass is 16.2. The van der Waals surface area contributed by atoms with Crippen molar-refractivity contribution in [3.63, 3.8) is 0 Å². The van der Waals surface area contributed by atoms with Crippen molar-refractivity contribution in [2.24, 2.45) is 5.73 Å². The van der Waals surface area contributed by atoms with Crippen LogP contribution in [-0.2, 0) is 0 Å². The van der Waals surface area contributed by atoms with Crippen molar-refractivity contribution in [1.82, 2.24) is 10.2 Å². The second-order valence-electron chi connectivity index (χ2n) is 5.80. The lowest BCUT2D eigenvalue weighted by Gasteiger charge is -2.45. The van der Waals surface area contributed by atoms with E-state index in [-0.39, 0.29) is 5.54 Å². The van der Waals surface area contributed by atoms with E-state index in [9.17, 15) is 0 Å². The number of nitrogens with zero attached hydrogens (tertiary/aromatic N) is 1. The first-order valence-electron chi connectivity index (χ1n) is 6.99. The Labute approximate surface area is 105 Å². The Balaban J connectivity index is 1.87. The van der Waals surface area contributed by atoms with Gasteiger partial charge in [-0.05, 0) is 52.1 Å². The summed E-state index contributed by atoms with van der Waals surface area (Å²) in [5, 5.41) is 12.5. The Morgan fingerprint density at radius 1 is 1.29 bits per heavy atom. The maximum absolute atomic E-state index is 8.79. The average molecular weight is 241 g/mol. The molecule has 2 rings (SSSR count). The van der Waals surface area contributed by atoms with E-state index in [0.29, 0.717) is 6.61 Å². The van der Waals surface area contributed by atoms with E-state index < -0.39 is 0 Å². The van der Waals surface area contributed by atoms with Gasteiger partial charge in [0.15, 0.2) is 0 Å². The van der Waals surface area contributed by atoms with Crippen LogP contribution in [0.3, 0.4) is 0 Å². The van der Waals surface area contributed by atoms with E-state index in [4.69, 9.17) is 10.8 Å². The highest BCUT2D eigenvalue weighted by Crippen LogP contribution is 2.39. The molecule has 2 atom stereocenters. The second-order valence-corrected chi connectivity index (χ2v) is 5.80. The van der Waals surface area contributed by atoms with Crippen LogP contribution in [0.25, 0.3) is 0 Å². The van der Waals surface area contributed by atoms with E-state index in [1.165, 1.54) is 25.7 Å². The molecule has 0 aliphatic carbocycles. The van der Waals surface area contributed by atoms with Crippen LogP contribution >= 0.6 is 0 Å². The van der Waals surface area contributed by atoms with Gasteiger partial charge in [0.2, 0.25) is 0 Å². The molecule has 17 heavy (non-hydrogen) atoms. The fourth-order valence-corrected chi connectivity index (χ4v) is 3.54. The molecule has 0 saturated carbocycles. The first kappa shape index (κ1) is 13.3. The number of hydrogen-bond donors (Lipinski definition) is 3. The zero-order chi connectivity index (χ0) is 12.3. The number of nitrogens with one attached hydrogen (secondary N) is 1. The maximum atomic E-state index is 8.79. The Hall–Kier alpha value is -0.160. The molecule has 2 saturated heterocycles. The lowest BCUT2D eigenvalue weighted by atomic mass is 9.83. The minimum atomic E-state index is 0.161. The summed E-state index contributed by atoms with van der Waals surface area (Å²) in [6.07, 6.45) is 6.98. The fourth-order valence-electron chi connectivity index (χ4n) is 3.54. The fraction of sp³-hybridized carbons (Fsp3) is 1.00. The zero-order valence-electron chi connectivity index (χ0n) is 11.0. The largest absolute Gasteiger partial charge is 0.396 e. The molecule has 2 aliphatic heterocycles. The van der Waals surface area contributed by atoms with Crippen LogP contribution in [0.2, 0.25) is 0 Å². The van der Waals surface area contributed by atoms with E-state index in [1.807, 2.05) is 0 Å². The number of nitrogens with two attached hydrogens (primary N) is 1. The van der Waals surface area contributed by atoms with Crippen LogP contribution in [0.1, 0.15) is 38.5 Å². The van der Waals surface area contributed by atoms with Gasteiger partial charge in [-0.2, -0.15) is 0 Å². The Morgan fingerprint density at radius 3 is 2.47 bits per heavy atom. The van der Waals surface area contributed by atoms with Crippen LogP contribution < -0.4 is 11.1 Å². The highest BCUT2D eigenvalue weighted by molar-refractivity contribution is 5.05. The molecule has 2 unspecified atom stereocenters. The normalized spacial score (nSPS) is 37.6. The van der Waals surface area contributed by atoms with E-state index in [0.717, 1.165) is 38.0 Å². The van der Waals surface area contributed by atoms with Gasteiger partial charge in [0.05, 0.1) is 0 Å². The van der Waals surface area contributed by atoms with Crippen molar-refractivity contribution < 1.29 is 5.11 Å². The minimum absolute atomic E-state index is 0.161. The van der Waals surface area contributed by atoms with Crippen molar-refractivity contribution >= 4 is 0 Å². The van der Waals surface area contributed by atoms with Gasteiger partial charge in [-0.25, -0.2) is 0 Å². The van der Waals surface area contributed by atoms with Gasteiger partial charge < -0.3 is 21.1 Å². The monoisotopic (exact) mass is 241 g/mol. The maximum Gasteiger partial charge on any atom is 0.0431 e. The van der Waals surface area contributed by atoms with Crippen molar-refractivity contribution in [1.29, 1.82) is 0 Å². The second kappa shape index (κ2) is 5.65. The third kappa shape index (κ3) is 2.81. The number of rotatable bonds is 6. The van der Waals surface area contributed by atoms with Gasteiger partial charge in [0.25, 0.3) is 0 Å². The van der Waals surface area contributed by atoms with Crippen LogP contribution in [0.4, 0.5) is 0 Å². The first-order chi connectivity index (χ1) is 8.21. The molecule has 2 aliphatic rings. The summed E-state index contributed by atoms with van der Waals surface area (Å²) < 4.78 is 0. The third-order valence-corrected chi connectivity index (χ3v) is 4.71. The van der Waals surface area contributed by atoms with Crippen molar-refractivity contribution in [2.75, 3.05) is 26.7 Å². The molecular weight excluding hydrogens is 214 g/mol. The lowest BCUT2D eigenvalue weighted by molar-refractivity contribution is 0.0940. The molecule has 100 valence electrons. The SMILES string of the molecule is CN1C2CCC1CC(CN)(NCCCCO)C2. The van der Waals surface area contributed by atoms with E-state index >= 15 is 0 Å². The third-order valence-electron chi connectivity index (χ3n) is 4.71. The molecule has 0 aromatic rings. The Kier molecular flexibility index (Phi) is 4.42. The molecule has 4 N–H and O–H groups in total. The molecule has 0 amide bonds. The van der Waals surface area contributed by atoms with E-state index in [1.54, 1.807) is 0 Å². The number of unbranched alkanes of at least 4 members (excludes halogenated alkanes) is 1. The van der Waals surface area contributed by atoms with Crippen LogP contribution in [0.5, 0.6) is 0 Å². The van der Waals surface area contributed by atoms with Crippen LogP contribution in [0, 0.1) is 0 Å². The molecule has 4 heteroatoms. The van der Waals surface area contributed by atoms with Crippen LogP contribution in [-0.4, -0.2) is 54.4 Å². The van der Waals surface area contributed by atoms with Gasteiger partial charge >= 0.3 is 0 Å². The molecule has 4 nitrogen and oxygen atoms in total. The standard InChI is InChI=1S/C13H27N3O/c1-16-11-4-5-12(16)9-13(8-11,10-14)15-6-2-3-7-17/h11-12,15,17H,2-10,14H2,1H3. The topological polar surface area (TPSA) is 61.5 Å². The number of hydrogen-bond acceptors (Lipinski definition) is 4. The smallest absolute Gasteiger partial charge is 0.0431 e. The summed E-state index contributed by atoms with van der Waals surface area (Å²) >= 11 is 0. The summed E-state index contributed by atoms with van der Waals surface area (Å²) in [6, 6.07) is 1.45. The molecule has 2 heterocycles. The molecule has 0 aromatic carbocycles. The molecule has 0 aromatic heterocycles. The number of aliphatic hydroxyl groups excluding tert-OH is 1. The quantitative estimate of drug-likeness (QED) is 0.586. The van der Waals surface area contributed by atoms with E-state index in [2.05, 4.69) is 17.3 Å². The van der Waals surface area contributed by atoms with Crippen molar-refractivity contribution in [3.05, 3.63) is 0 Å². The highest BCUT2D eigenvalue weighted by Gasteiger charge is 2.45. The van der Waals surface area contributed by atoms with Crippen LogP contribution in [0.15, 0.2) is 0 Å². The van der Waals surface area contributed by atoms with Gasteiger partial charge in [-0.3, -0.25) is 0 Å². The predicted octanol–water partition coefficient (Wildman–Crippen LogP) is 0.303. The van der Waals surface area contributed by atoms with Gasteiger partial charge in [0, 0.05) is 30.8 Å². The summed E-state index contributed by atoms with van der Waals surface area (Å²) in [6.45, 7) is 2.03. The lowest BCUT2D eigenvalue weighted by Crippen LogP contribution is -2.60. The minimum Gasteiger partial charge on any atom is -0.396 e. The number of aliphatic hydroxyl groups is 1. The summed E-state index contributed by atoms with van der Waals surface area (Å²) in [4.78, 5) is 2.54. The number of fused-ring (bicyclic) bond motifs is 2.